The molecule has 0 spiro atoms. The van der Waals surface area contributed by atoms with Gasteiger partial charge in [0.15, 0.2) is 11.6 Å². The van der Waals surface area contributed by atoms with Gasteiger partial charge in [0.1, 0.15) is 11.3 Å². The van der Waals surface area contributed by atoms with Crippen molar-refractivity contribution in [2.24, 2.45) is 28.6 Å². The van der Waals surface area contributed by atoms with Crippen molar-refractivity contribution in [2.45, 2.75) is 64.1 Å². The van der Waals surface area contributed by atoms with E-state index in [9.17, 15) is 24.3 Å². The van der Waals surface area contributed by atoms with E-state index in [-0.39, 0.29) is 48.8 Å². The van der Waals surface area contributed by atoms with Crippen molar-refractivity contribution in [1.29, 1.82) is 0 Å². The van der Waals surface area contributed by atoms with Gasteiger partial charge in [0.05, 0.1) is 5.88 Å². The molecule has 1 unspecified atom stereocenters. The number of carbonyl (C=O) groups excluding carboxylic acids is 4. The molecular formula is C22H26ClFO5. The second-order valence-electron chi connectivity index (χ2n) is 9.79. The van der Waals surface area contributed by atoms with E-state index >= 15 is 4.39 Å². The summed E-state index contributed by atoms with van der Waals surface area (Å²) in [5.41, 5.74) is -5.67. The molecule has 158 valence electrons. The highest BCUT2D eigenvalue weighted by Gasteiger charge is 2.74. The minimum absolute atomic E-state index is 0.00940. The highest BCUT2D eigenvalue weighted by atomic mass is 35.5. The Morgan fingerprint density at radius 3 is 2.48 bits per heavy atom. The maximum atomic E-state index is 17.0. The molecule has 7 atom stereocenters. The van der Waals surface area contributed by atoms with Gasteiger partial charge in [-0.05, 0) is 37.7 Å². The number of ketones is 4. The number of aliphatic hydroxyl groups is 1. The Hall–Kier alpha value is -1.40. The van der Waals surface area contributed by atoms with Crippen molar-refractivity contribution >= 4 is 34.7 Å². The Bertz CT molecular complexity index is 882. The summed E-state index contributed by atoms with van der Waals surface area (Å²) in [7, 11) is 0. The SMILES string of the molecule is CC1C(=O)C(=O)C=C2C(=O)C[C@H]3[C@@H]4CC[C@](O)(C(=O)CCl)[C@@]4(C)CC[C@]3(F)[C@]21C. The Kier molecular flexibility index (Phi) is 4.36. The number of fused-ring (bicyclic) bond motifs is 5. The molecule has 7 heteroatoms. The zero-order chi connectivity index (χ0) is 21.6. The molecule has 3 saturated carbocycles. The van der Waals surface area contributed by atoms with Gasteiger partial charge in [0, 0.05) is 34.7 Å². The van der Waals surface area contributed by atoms with Crippen LogP contribution in [-0.2, 0) is 19.2 Å². The molecule has 3 fully saturated rings. The largest absolute Gasteiger partial charge is 0.381 e. The van der Waals surface area contributed by atoms with Gasteiger partial charge in [-0.3, -0.25) is 19.2 Å². The molecule has 0 aromatic carbocycles. The topological polar surface area (TPSA) is 88.5 Å². The fourth-order valence-corrected chi connectivity index (χ4v) is 7.32. The smallest absolute Gasteiger partial charge is 0.222 e. The lowest BCUT2D eigenvalue weighted by atomic mass is 9.42. The Morgan fingerprint density at radius 2 is 1.86 bits per heavy atom. The van der Waals surface area contributed by atoms with E-state index < -0.39 is 51.3 Å². The first-order valence-corrected chi connectivity index (χ1v) is 10.8. The molecular weight excluding hydrogens is 399 g/mol. The van der Waals surface area contributed by atoms with E-state index in [0.29, 0.717) is 6.42 Å². The number of Topliss-reactive ketones (excluding diaryl/α,β-unsaturated/α-hetero) is 3. The molecule has 0 saturated heterocycles. The van der Waals surface area contributed by atoms with Gasteiger partial charge in [0.25, 0.3) is 0 Å². The molecule has 0 heterocycles. The second-order valence-corrected chi connectivity index (χ2v) is 10.1. The standard InChI is InChI=1S/C22H26ClFO5/c1-11-18(28)16(26)9-14-15(25)8-13-12-4-5-22(29,17(27)10-23)19(12,2)6-7-21(13,24)20(11,14)3/h9,11-13,29H,4-8,10H2,1-3H3/t11?,12-,13-,19-,20-,21+,22-/m0/s1. The summed E-state index contributed by atoms with van der Waals surface area (Å²) in [6.45, 7) is 4.91. The molecule has 4 rings (SSSR count). The average molecular weight is 425 g/mol. The lowest BCUT2D eigenvalue weighted by Crippen LogP contribution is -2.67. The molecule has 4 aliphatic carbocycles. The van der Waals surface area contributed by atoms with Gasteiger partial charge in [-0.1, -0.05) is 20.8 Å². The van der Waals surface area contributed by atoms with Crippen LogP contribution in [-0.4, -0.2) is 45.4 Å². The van der Waals surface area contributed by atoms with Crippen LogP contribution in [0.3, 0.4) is 0 Å². The molecule has 0 bridgehead atoms. The minimum atomic E-state index is -1.87. The van der Waals surface area contributed by atoms with Crippen LogP contribution in [0.2, 0.25) is 0 Å². The van der Waals surface area contributed by atoms with Gasteiger partial charge in [0.2, 0.25) is 11.6 Å². The van der Waals surface area contributed by atoms with E-state index in [1.807, 2.05) is 0 Å². The zero-order valence-electron chi connectivity index (χ0n) is 16.9. The van der Waals surface area contributed by atoms with Crippen LogP contribution in [0.4, 0.5) is 4.39 Å². The third kappa shape index (κ3) is 2.20. The van der Waals surface area contributed by atoms with Crippen molar-refractivity contribution in [3.63, 3.8) is 0 Å². The summed E-state index contributed by atoms with van der Waals surface area (Å²) in [4.78, 5) is 50.0. The van der Waals surface area contributed by atoms with Crippen molar-refractivity contribution in [2.75, 3.05) is 5.88 Å². The van der Waals surface area contributed by atoms with Gasteiger partial charge >= 0.3 is 0 Å². The Labute approximate surface area is 174 Å². The first-order valence-electron chi connectivity index (χ1n) is 10.2. The number of halogens is 2. The zero-order valence-corrected chi connectivity index (χ0v) is 17.6. The van der Waals surface area contributed by atoms with Crippen LogP contribution in [0.1, 0.15) is 52.9 Å². The summed E-state index contributed by atoms with van der Waals surface area (Å²) >= 11 is 5.75. The summed E-state index contributed by atoms with van der Waals surface area (Å²) in [5, 5.41) is 11.2. The average Bonchev–Trinajstić information content (AvgIpc) is 2.96. The maximum absolute atomic E-state index is 17.0. The number of rotatable bonds is 2. The van der Waals surface area contributed by atoms with Crippen LogP contribution < -0.4 is 0 Å². The first kappa shape index (κ1) is 20.9. The van der Waals surface area contributed by atoms with E-state index in [1.165, 1.54) is 6.92 Å². The molecule has 5 nitrogen and oxygen atoms in total. The second kappa shape index (κ2) is 6.07. The van der Waals surface area contributed by atoms with Crippen LogP contribution in [0.5, 0.6) is 0 Å². The van der Waals surface area contributed by atoms with E-state index in [0.717, 1.165) is 6.08 Å². The quantitative estimate of drug-likeness (QED) is 0.544. The highest BCUT2D eigenvalue weighted by Crippen LogP contribution is 2.70. The number of alkyl halides is 2. The fourth-order valence-electron chi connectivity index (χ4n) is 7.10. The predicted molar refractivity (Wildman–Crippen MR) is 103 cm³/mol. The number of hydrogen-bond donors (Lipinski definition) is 1. The van der Waals surface area contributed by atoms with Crippen molar-refractivity contribution < 1.29 is 28.7 Å². The van der Waals surface area contributed by atoms with Crippen LogP contribution in [0.15, 0.2) is 11.6 Å². The number of allylic oxidation sites excluding steroid dienone is 1. The molecule has 0 aromatic heterocycles. The summed E-state index contributed by atoms with van der Waals surface area (Å²) in [6.07, 6.45) is 1.81. The van der Waals surface area contributed by atoms with Crippen LogP contribution >= 0.6 is 11.6 Å². The maximum Gasteiger partial charge on any atom is 0.222 e. The van der Waals surface area contributed by atoms with Gasteiger partial charge in [-0.2, -0.15) is 0 Å². The summed E-state index contributed by atoms with van der Waals surface area (Å²) < 4.78 is 17.0. The Balaban J connectivity index is 1.84. The third-order valence-electron chi connectivity index (χ3n) is 9.15. The van der Waals surface area contributed by atoms with Crippen molar-refractivity contribution in [3.05, 3.63) is 11.6 Å². The fraction of sp³-hybridized carbons (Fsp3) is 0.727. The van der Waals surface area contributed by atoms with Gasteiger partial charge in [-0.15, -0.1) is 11.6 Å². The van der Waals surface area contributed by atoms with Crippen molar-refractivity contribution in [1.82, 2.24) is 0 Å². The van der Waals surface area contributed by atoms with Crippen LogP contribution in [0, 0.1) is 28.6 Å². The molecule has 0 amide bonds. The lowest BCUT2D eigenvalue weighted by molar-refractivity contribution is -0.189. The van der Waals surface area contributed by atoms with Gasteiger partial charge in [-0.25, -0.2) is 4.39 Å². The predicted octanol–water partition coefficient (Wildman–Crippen LogP) is 2.75. The van der Waals surface area contributed by atoms with Crippen molar-refractivity contribution in [3.8, 4) is 0 Å². The van der Waals surface area contributed by atoms with E-state index in [1.54, 1.807) is 13.8 Å². The lowest BCUT2D eigenvalue weighted by Gasteiger charge is -2.62. The number of carbonyl (C=O) groups is 4. The van der Waals surface area contributed by atoms with E-state index in [2.05, 4.69) is 0 Å². The first-order chi connectivity index (χ1) is 13.4. The molecule has 0 radical (unpaired) electrons. The highest BCUT2D eigenvalue weighted by molar-refractivity contribution is 6.44. The molecule has 1 N–H and O–H groups in total. The van der Waals surface area contributed by atoms with Crippen LogP contribution in [0.25, 0.3) is 0 Å². The molecule has 0 aliphatic heterocycles. The molecule has 29 heavy (non-hydrogen) atoms. The Morgan fingerprint density at radius 1 is 1.21 bits per heavy atom. The van der Waals surface area contributed by atoms with E-state index in [4.69, 9.17) is 11.6 Å². The van der Waals surface area contributed by atoms with Gasteiger partial charge < -0.3 is 5.11 Å². The number of hydrogen-bond acceptors (Lipinski definition) is 5. The minimum Gasteiger partial charge on any atom is -0.381 e. The molecule has 4 aliphatic rings. The summed E-state index contributed by atoms with van der Waals surface area (Å²) in [5.74, 6) is -4.57. The monoisotopic (exact) mass is 424 g/mol. The third-order valence-corrected chi connectivity index (χ3v) is 9.39. The molecule has 0 aromatic rings. The summed E-state index contributed by atoms with van der Waals surface area (Å²) in [6, 6.07) is 0. The normalized spacial score (nSPS) is 49.2.